The smallest absolute Gasteiger partial charge is 0.168 e. The highest BCUT2D eigenvalue weighted by Crippen LogP contribution is 2.43. The molecule has 1 saturated carbocycles. The zero-order valence-corrected chi connectivity index (χ0v) is 22.7. The second kappa shape index (κ2) is 9.89. The molecule has 4 nitrogen and oxygen atoms in total. The van der Waals surface area contributed by atoms with Gasteiger partial charge in [0.2, 0.25) is 0 Å². The maximum absolute atomic E-state index is 15.8. The lowest BCUT2D eigenvalue weighted by Crippen LogP contribution is -2.31. The van der Waals surface area contributed by atoms with Crippen molar-refractivity contribution in [3.63, 3.8) is 0 Å². The molecule has 1 saturated heterocycles. The van der Waals surface area contributed by atoms with Gasteiger partial charge in [-0.3, -0.25) is 4.90 Å². The van der Waals surface area contributed by atoms with E-state index < -0.39 is 0 Å². The number of likely N-dealkylation sites (tertiary alicyclic amines) is 1. The number of ether oxygens (including phenoxy) is 3. The van der Waals surface area contributed by atoms with Crippen molar-refractivity contribution in [1.82, 2.24) is 4.90 Å². The first-order valence-electron chi connectivity index (χ1n) is 13.7. The Morgan fingerprint density at radius 3 is 2.42 bits per heavy atom. The molecule has 2 aliphatic heterocycles. The van der Waals surface area contributed by atoms with Crippen LogP contribution in [0.15, 0.2) is 30.3 Å². The van der Waals surface area contributed by atoms with Crippen LogP contribution in [0, 0.1) is 11.7 Å². The average Bonchev–Trinajstić information content (AvgIpc) is 3.55. The van der Waals surface area contributed by atoms with Crippen molar-refractivity contribution in [3.8, 4) is 17.2 Å². The van der Waals surface area contributed by atoms with Gasteiger partial charge < -0.3 is 14.2 Å². The number of rotatable bonds is 8. The molecule has 1 aliphatic carbocycles. The van der Waals surface area contributed by atoms with Crippen molar-refractivity contribution in [2.75, 3.05) is 32.8 Å². The lowest BCUT2D eigenvalue weighted by molar-refractivity contribution is 0.0754. The number of hydrogen-bond acceptors (Lipinski definition) is 4. The molecule has 0 amide bonds. The van der Waals surface area contributed by atoms with Crippen LogP contribution in [0.4, 0.5) is 4.39 Å². The monoisotopic (exact) mass is 495 g/mol. The van der Waals surface area contributed by atoms with Gasteiger partial charge in [-0.2, -0.15) is 0 Å². The van der Waals surface area contributed by atoms with Gasteiger partial charge in [-0.15, -0.1) is 0 Å². The molecule has 2 aromatic rings. The third-order valence-corrected chi connectivity index (χ3v) is 8.03. The molecule has 3 aliphatic rings. The Kier molecular flexibility index (Phi) is 6.97. The summed E-state index contributed by atoms with van der Waals surface area (Å²) in [6.45, 7) is 15.1. The van der Waals surface area contributed by atoms with Gasteiger partial charge in [0.25, 0.3) is 0 Å². The molecule has 2 aromatic carbocycles. The number of benzene rings is 2. The molecule has 0 N–H and O–H groups in total. The second-order valence-electron chi connectivity index (χ2n) is 12.6. The number of nitrogens with zero attached hydrogens (tertiary/aromatic N) is 1. The standard InChI is InChI=1S/C31H42FNO3/c1-30(2,3)24-16-22(29(32)27(18-24)34-15-14-33-12-6-7-13-33)19-31(4,5)23-10-11-25-26(17-23)36-28(20-35-25)21-8-9-21/h10-11,16-18,21,28H,6-9,12-15,19-20H2,1-5H3. The van der Waals surface area contributed by atoms with Crippen LogP contribution in [0.1, 0.15) is 77.0 Å². The van der Waals surface area contributed by atoms with Crippen LogP contribution in [-0.2, 0) is 17.3 Å². The number of fused-ring (bicyclic) bond motifs is 1. The zero-order valence-electron chi connectivity index (χ0n) is 22.7. The molecule has 1 unspecified atom stereocenters. The van der Waals surface area contributed by atoms with Gasteiger partial charge in [-0.1, -0.05) is 46.8 Å². The molecular formula is C31H42FNO3. The molecule has 1 atom stereocenters. The molecular weight excluding hydrogens is 453 g/mol. The molecule has 5 heteroatoms. The summed E-state index contributed by atoms with van der Waals surface area (Å²) in [5, 5.41) is 0. The fourth-order valence-corrected chi connectivity index (χ4v) is 5.40. The molecule has 196 valence electrons. The third-order valence-electron chi connectivity index (χ3n) is 8.03. The van der Waals surface area contributed by atoms with Crippen LogP contribution in [0.25, 0.3) is 0 Å². The van der Waals surface area contributed by atoms with Crippen LogP contribution in [0.2, 0.25) is 0 Å². The summed E-state index contributed by atoms with van der Waals surface area (Å²) in [5.41, 5.74) is 2.52. The predicted molar refractivity (Wildman–Crippen MR) is 142 cm³/mol. The third kappa shape index (κ3) is 5.66. The number of halogens is 1. The first-order valence-corrected chi connectivity index (χ1v) is 13.7. The predicted octanol–water partition coefficient (Wildman–Crippen LogP) is 6.67. The van der Waals surface area contributed by atoms with E-state index in [1.807, 2.05) is 18.2 Å². The van der Waals surface area contributed by atoms with E-state index in [1.165, 1.54) is 25.7 Å². The highest BCUT2D eigenvalue weighted by Gasteiger charge is 2.37. The Hall–Kier alpha value is -2.27. The first kappa shape index (κ1) is 25.4. The summed E-state index contributed by atoms with van der Waals surface area (Å²) in [7, 11) is 0. The minimum Gasteiger partial charge on any atom is -0.489 e. The van der Waals surface area contributed by atoms with E-state index in [9.17, 15) is 0 Å². The van der Waals surface area contributed by atoms with Crippen molar-refractivity contribution in [2.24, 2.45) is 5.92 Å². The van der Waals surface area contributed by atoms with E-state index in [0.717, 1.165) is 42.3 Å². The quantitative estimate of drug-likeness (QED) is 0.409. The average molecular weight is 496 g/mol. The van der Waals surface area contributed by atoms with Crippen molar-refractivity contribution in [1.29, 1.82) is 0 Å². The van der Waals surface area contributed by atoms with Gasteiger partial charge in [0.15, 0.2) is 23.1 Å². The highest BCUT2D eigenvalue weighted by molar-refractivity contribution is 5.47. The summed E-state index contributed by atoms with van der Waals surface area (Å²) in [6.07, 6.45) is 5.65. The van der Waals surface area contributed by atoms with Crippen LogP contribution < -0.4 is 14.2 Å². The van der Waals surface area contributed by atoms with Gasteiger partial charge in [-0.05, 0) is 96.8 Å². The Morgan fingerprint density at radius 2 is 1.72 bits per heavy atom. The van der Waals surface area contributed by atoms with Gasteiger partial charge in [0.1, 0.15) is 19.3 Å². The van der Waals surface area contributed by atoms with Crippen LogP contribution in [-0.4, -0.2) is 43.9 Å². The first-order chi connectivity index (χ1) is 17.1. The fourth-order valence-electron chi connectivity index (χ4n) is 5.40. The lowest BCUT2D eigenvalue weighted by Gasteiger charge is -2.31. The van der Waals surface area contributed by atoms with E-state index in [1.54, 1.807) is 0 Å². The summed E-state index contributed by atoms with van der Waals surface area (Å²) >= 11 is 0. The van der Waals surface area contributed by atoms with Gasteiger partial charge in [0, 0.05) is 6.54 Å². The fraction of sp³-hybridized carbons (Fsp3) is 0.613. The normalized spacial score (nSPS) is 20.6. The van der Waals surface area contributed by atoms with Gasteiger partial charge in [-0.25, -0.2) is 4.39 Å². The maximum atomic E-state index is 15.8. The molecule has 5 rings (SSSR count). The Labute approximate surface area is 216 Å². The second-order valence-corrected chi connectivity index (χ2v) is 12.6. The van der Waals surface area contributed by atoms with E-state index >= 15 is 4.39 Å². The molecule has 2 fully saturated rings. The van der Waals surface area contributed by atoms with E-state index in [-0.39, 0.29) is 22.8 Å². The van der Waals surface area contributed by atoms with Crippen LogP contribution >= 0.6 is 0 Å². The Bertz CT molecular complexity index is 1080. The van der Waals surface area contributed by atoms with Crippen molar-refractivity contribution < 1.29 is 18.6 Å². The molecule has 0 radical (unpaired) electrons. The largest absolute Gasteiger partial charge is 0.489 e. The summed E-state index contributed by atoms with van der Waals surface area (Å²) in [6, 6.07) is 10.1. The zero-order chi connectivity index (χ0) is 25.5. The number of hydrogen-bond donors (Lipinski definition) is 0. The topological polar surface area (TPSA) is 30.9 Å². The SMILES string of the molecule is CC(C)(C)c1cc(CC(C)(C)c2ccc3c(c2)OC(C2CC2)CO3)c(F)c(OCCN2CCCC2)c1. The molecule has 0 bridgehead atoms. The van der Waals surface area contributed by atoms with E-state index in [4.69, 9.17) is 14.2 Å². The summed E-state index contributed by atoms with van der Waals surface area (Å²) in [4.78, 5) is 2.39. The van der Waals surface area contributed by atoms with Crippen molar-refractivity contribution in [2.45, 2.75) is 83.7 Å². The molecule has 0 spiro atoms. The van der Waals surface area contributed by atoms with Gasteiger partial charge in [0.05, 0.1) is 0 Å². The Morgan fingerprint density at radius 1 is 0.972 bits per heavy atom. The molecule has 0 aromatic heterocycles. The van der Waals surface area contributed by atoms with Crippen LogP contribution in [0.5, 0.6) is 17.2 Å². The summed E-state index contributed by atoms with van der Waals surface area (Å²) < 4.78 is 34.2. The van der Waals surface area contributed by atoms with E-state index in [2.05, 4.69) is 51.7 Å². The maximum Gasteiger partial charge on any atom is 0.168 e. The van der Waals surface area contributed by atoms with E-state index in [0.29, 0.717) is 36.9 Å². The van der Waals surface area contributed by atoms with Gasteiger partial charge >= 0.3 is 0 Å². The minimum atomic E-state index is -0.297. The molecule has 2 heterocycles. The minimum absolute atomic E-state index is 0.103. The van der Waals surface area contributed by atoms with Crippen molar-refractivity contribution in [3.05, 3.63) is 52.8 Å². The van der Waals surface area contributed by atoms with Crippen molar-refractivity contribution >= 4 is 0 Å². The molecule has 36 heavy (non-hydrogen) atoms. The summed E-state index contributed by atoms with van der Waals surface area (Å²) in [5.74, 6) is 2.39. The lowest BCUT2D eigenvalue weighted by atomic mass is 9.77. The Balaban J connectivity index is 1.37. The van der Waals surface area contributed by atoms with Crippen LogP contribution in [0.3, 0.4) is 0 Å². The highest BCUT2D eigenvalue weighted by atomic mass is 19.1.